The summed E-state index contributed by atoms with van der Waals surface area (Å²) >= 11 is 1.55. The van der Waals surface area contributed by atoms with Gasteiger partial charge in [-0.1, -0.05) is 6.92 Å². The summed E-state index contributed by atoms with van der Waals surface area (Å²) in [4.78, 5) is 11.8. The average molecular weight is 320 g/mol. The Morgan fingerprint density at radius 1 is 1.29 bits per heavy atom. The highest BCUT2D eigenvalue weighted by Gasteiger charge is 2.34. The normalized spacial score (nSPS) is 11.3. The molecule has 3 nitrogen and oxygen atoms in total. The zero-order valence-electron chi connectivity index (χ0n) is 12.0. The maximum Gasteiger partial charge on any atom is 0.418 e. The van der Waals surface area contributed by atoms with Gasteiger partial charge >= 0.3 is 6.18 Å². The molecule has 21 heavy (non-hydrogen) atoms. The first-order valence-electron chi connectivity index (χ1n) is 6.62. The van der Waals surface area contributed by atoms with E-state index in [2.05, 4.69) is 10.6 Å². The number of nitrogens with one attached hydrogen (secondary N) is 2. The minimum atomic E-state index is -4.49. The van der Waals surface area contributed by atoms with Crippen LogP contribution in [0, 0.1) is 0 Å². The van der Waals surface area contributed by atoms with Crippen LogP contribution in [0.3, 0.4) is 0 Å². The van der Waals surface area contributed by atoms with Gasteiger partial charge in [-0.2, -0.15) is 24.9 Å². The first-order valence-corrected chi connectivity index (χ1v) is 8.01. The molecule has 1 aromatic carbocycles. The first kappa shape index (κ1) is 17.7. The van der Waals surface area contributed by atoms with E-state index in [9.17, 15) is 18.0 Å². The first-order chi connectivity index (χ1) is 9.90. The van der Waals surface area contributed by atoms with Crippen molar-refractivity contribution < 1.29 is 18.0 Å². The largest absolute Gasteiger partial charge is 0.418 e. The van der Waals surface area contributed by atoms with Crippen molar-refractivity contribution in [2.24, 2.45) is 0 Å². The number of benzene rings is 1. The number of hydrogen-bond acceptors (Lipinski definition) is 3. The Morgan fingerprint density at radius 2 is 2.00 bits per heavy atom. The van der Waals surface area contributed by atoms with E-state index in [1.54, 1.807) is 11.8 Å². The van der Waals surface area contributed by atoms with Crippen LogP contribution in [-0.4, -0.2) is 31.0 Å². The SMILES string of the molecule is CCCNc1ccc(C(=O)NCCSC)cc1C(F)(F)F. The number of hydrogen-bond donors (Lipinski definition) is 2. The van der Waals surface area contributed by atoms with Crippen molar-refractivity contribution in [2.75, 3.05) is 30.4 Å². The van der Waals surface area contributed by atoms with Gasteiger partial charge in [-0.3, -0.25) is 4.79 Å². The number of rotatable bonds is 7. The number of alkyl halides is 3. The highest BCUT2D eigenvalue weighted by molar-refractivity contribution is 7.98. The summed E-state index contributed by atoms with van der Waals surface area (Å²) in [5.41, 5.74) is -0.788. The molecule has 0 unspecified atom stereocenters. The topological polar surface area (TPSA) is 41.1 Å². The van der Waals surface area contributed by atoms with Crippen LogP contribution in [-0.2, 0) is 6.18 Å². The number of carbonyl (C=O) groups is 1. The lowest BCUT2D eigenvalue weighted by atomic mass is 10.1. The molecule has 7 heteroatoms. The van der Waals surface area contributed by atoms with Crippen LogP contribution < -0.4 is 10.6 Å². The van der Waals surface area contributed by atoms with E-state index in [0.29, 0.717) is 25.3 Å². The van der Waals surface area contributed by atoms with Crippen LogP contribution in [0.1, 0.15) is 29.3 Å². The predicted octanol–water partition coefficient (Wildman–Crippen LogP) is 3.62. The molecule has 1 aromatic rings. The zero-order valence-corrected chi connectivity index (χ0v) is 12.8. The van der Waals surface area contributed by atoms with Crippen molar-refractivity contribution in [1.29, 1.82) is 0 Å². The maximum atomic E-state index is 13.1. The lowest BCUT2D eigenvalue weighted by Gasteiger charge is -2.15. The van der Waals surface area contributed by atoms with Gasteiger partial charge in [-0.15, -0.1) is 0 Å². The van der Waals surface area contributed by atoms with Gasteiger partial charge in [0.1, 0.15) is 0 Å². The molecular formula is C14H19F3N2OS. The Balaban J connectivity index is 2.96. The third-order valence-electron chi connectivity index (χ3n) is 2.74. The van der Waals surface area contributed by atoms with Crippen LogP contribution in [0.2, 0.25) is 0 Å². The zero-order chi connectivity index (χ0) is 15.9. The average Bonchev–Trinajstić information content (AvgIpc) is 2.44. The van der Waals surface area contributed by atoms with Crippen molar-refractivity contribution >= 4 is 23.4 Å². The molecule has 0 aliphatic carbocycles. The van der Waals surface area contributed by atoms with Crippen LogP contribution in [0.15, 0.2) is 18.2 Å². The second kappa shape index (κ2) is 8.17. The molecule has 0 saturated heterocycles. The quantitative estimate of drug-likeness (QED) is 0.754. The highest BCUT2D eigenvalue weighted by atomic mass is 32.2. The third-order valence-corrected chi connectivity index (χ3v) is 3.36. The molecule has 0 aromatic heterocycles. The fourth-order valence-corrected chi connectivity index (χ4v) is 2.01. The molecule has 2 N–H and O–H groups in total. The lowest BCUT2D eigenvalue weighted by Crippen LogP contribution is -2.26. The predicted molar refractivity (Wildman–Crippen MR) is 80.9 cm³/mol. The Morgan fingerprint density at radius 3 is 2.57 bits per heavy atom. The fraction of sp³-hybridized carbons (Fsp3) is 0.500. The van der Waals surface area contributed by atoms with Crippen molar-refractivity contribution in [1.82, 2.24) is 5.32 Å². The summed E-state index contributed by atoms with van der Waals surface area (Å²) in [7, 11) is 0. The van der Waals surface area contributed by atoms with E-state index in [1.807, 2.05) is 13.2 Å². The second-order valence-electron chi connectivity index (χ2n) is 4.43. The molecule has 0 spiro atoms. The summed E-state index contributed by atoms with van der Waals surface area (Å²) in [5, 5.41) is 5.33. The Kier molecular flexibility index (Phi) is 6.87. The Labute approximate surface area is 126 Å². The minimum Gasteiger partial charge on any atom is -0.385 e. The number of anilines is 1. The van der Waals surface area contributed by atoms with Crippen LogP contribution in [0.4, 0.5) is 18.9 Å². The molecule has 0 bridgehead atoms. The van der Waals surface area contributed by atoms with Crippen LogP contribution >= 0.6 is 11.8 Å². The van der Waals surface area contributed by atoms with Crippen LogP contribution in [0.25, 0.3) is 0 Å². The molecule has 0 aliphatic rings. The molecule has 1 amide bonds. The standard InChI is InChI=1S/C14H19F3N2OS/c1-3-6-18-12-5-4-10(9-11(12)14(15,16)17)13(20)19-7-8-21-2/h4-5,9,18H,3,6-8H2,1-2H3,(H,19,20). The van der Waals surface area contributed by atoms with Crippen molar-refractivity contribution in [3.63, 3.8) is 0 Å². The van der Waals surface area contributed by atoms with Crippen molar-refractivity contribution in [2.45, 2.75) is 19.5 Å². The Bertz CT molecular complexity index is 478. The third kappa shape index (κ3) is 5.49. The second-order valence-corrected chi connectivity index (χ2v) is 5.42. The van der Waals surface area contributed by atoms with E-state index in [0.717, 1.165) is 6.07 Å². The van der Waals surface area contributed by atoms with Crippen LogP contribution in [0.5, 0.6) is 0 Å². The molecular weight excluding hydrogens is 301 g/mol. The van der Waals surface area contributed by atoms with Gasteiger partial charge in [0, 0.05) is 30.1 Å². The number of thioether (sulfide) groups is 1. The molecule has 0 saturated carbocycles. The summed E-state index contributed by atoms with van der Waals surface area (Å²) in [5.74, 6) is 0.227. The molecule has 0 fully saturated rings. The van der Waals surface area contributed by atoms with Gasteiger partial charge in [0.2, 0.25) is 0 Å². The smallest absolute Gasteiger partial charge is 0.385 e. The van der Waals surface area contributed by atoms with Crippen molar-refractivity contribution in [3.05, 3.63) is 29.3 Å². The molecule has 1 rings (SSSR count). The fourth-order valence-electron chi connectivity index (χ4n) is 1.70. The monoisotopic (exact) mass is 320 g/mol. The van der Waals surface area contributed by atoms with E-state index in [-0.39, 0.29) is 11.3 Å². The summed E-state index contributed by atoms with van der Waals surface area (Å²) < 4.78 is 39.2. The van der Waals surface area contributed by atoms with Gasteiger partial charge < -0.3 is 10.6 Å². The van der Waals surface area contributed by atoms with E-state index < -0.39 is 17.6 Å². The maximum absolute atomic E-state index is 13.1. The number of amides is 1. The Hall–Kier alpha value is -1.37. The summed E-state index contributed by atoms with van der Waals surface area (Å²) in [6.07, 6.45) is -1.89. The van der Waals surface area contributed by atoms with Gasteiger partial charge in [0.05, 0.1) is 5.56 Å². The van der Waals surface area contributed by atoms with Gasteiger partial charge in [-0.25, -0.2) is 0 Å². The highest BCUT2D eigenvalue weighted by Crippen LogP contribution is 2.35. The summed E-state index contributed by atoms with van der Waals surface area (Å²) in [6.45, 7) is 2.74. The van der Waals surface area contributed by atoms with Crippen molar-refractivity contribution in [3.8, 4) is 0 Å². The van der Waals surface area contributed by atoms with Gasteiger partial charge in [-0.05, 0) is 30.9 Å². The minimum absolute atomic E-state index is 0.00464. The molecule has 0 radical (unpaired) electrons. The van der Waals surface area contributed by atoms with Gasteiger partial charge in [0.15, 0.2) is 0 Å². The molecule has 0 aliphatic heterocycles. The molecule has 0 atom stereocenters. The molecule has 118 valence electrons. The van der Waals surface area contributed by atoms with Gasteiger partial charge in [0.25, 0.3) is 5.91 Å². The summed E-state index contributed by atoms with van der Waals surface area (Å²) in [6, 6.07) is 3.61. The number of carbonyl (C=O) groups excluding carboxylic acids is 1. The molecule has 0 heterocycles. The van der Waals surface area contributed by atoms with E-state index in [1.165, 1.54) is 12.1 Å². The van der Waals surface area contributed by atoms with E-state index in [4.69, 9.17) is 0 Å². The number of halogens is 3. The van der Waals surface area contributed by atoms with E-state index >= 15 is 0 Å². The lowest BCUT2D eigenvalue weighted by molar-refractivity contribution is -0.137.